The molecule has 0 bridgehead atoms. The number of aromatic nitrogens is 1. The van der Waals surface area contributed by atoms with E-state index in [-0.39, 0.29) is 5.97 Å². The van der Waals surface area contributed by atoms with E-state index in [1.807, 2.05) is 31.2 Å². The second kappa shape index (κ2) is 6.41. The first-order chi connectivity index (χ1) is 9.27. The molecule has 0 aliphatic rings. The van der Waals surface area contributed by atoms with E-state index in [0.717, 1.165) is 29.4 Å². The molecule has 1 heterocycles. The zero-order valence-corrected chi connectivity index (χ0v) is 11.7. The Morgan fingerprint density at radius 1 is 1.21 bits per heavy atom. The van der Waals surface area contributed by atoms with Crippen molar-refractivity contribution in [2.75, 3.05) is 6.61 Å². The predicted octanol–water partition coefficient (Wildman–Crippen LogP) is 4.08. The molecule has 0 spiro atoms. The van der Waals surface area contributed by atoms with Crippen LogP contribution in [0.3, 0.4) is 0 Å². The SMILES string of the molecule is CCCCCc1[nH]c2ccccc2c1C(=O)OCC. The van der Waals surface area contributed by atoms with Crippen LogP contribution in [-0.4, -0.2) is 17.6 Å². The van der Waals surface area contributed by atoms with Crippen molar-refractivity contribution in [2.24, 2.45) is 0 Å². The van der Waals surface area contributed by atoms with Gasteiger partial charge < -0.3 is 9.72 Å². The van der Waals surface area contributed by atoms with Crippen LogP contribution in [0.25, 0.3) is 10.9 Å². The largest absolute Gasteiger partial charge is 0.462 e. The second-order valence-electron chi connectivity index (χ2n) is 4.70. The molecule has 0 amide bonds. The Bertz CT molecular complexity index is 557. The molecule has 0 unspecified atom stereocenters. The van der Waals surface area contributed by atoms with Crippen LogP contribution in [0.5, 0.6) is 0 Å². The number of nitrogens with one attached hydrogen (secondary N) is 1. The number of fused-ring (bicyclic) bond motifs is 1. The van der Waals surface area contributed by atoms with E-state index in [0.29, 0.717) is 12.2 Å². The smallest absolute Gasteiger partial charge is 0.340 e. The molecule has 3 nitrogen and oxygen atoms in total. The van der Waals surface area contributed by atoms with Gasteiger partial charge in [0.15, 0.2) is 0 Å². The summed E-state index contributed by atoms with van der Waals surface area (Å²) in [5.41, 5.74) is 2.73. The van der Waals surface area contributed by atoms with Crippen molar-refractivity contribution in [3.05, 3.63) is 35.5 Å². The Kier molecular flexibility index (Phi) is 4.61. The summed E-state index contributed by atoms with van der Waals surface area (Å²) < 4.78 is 5.18. The number of carbonyl (C=O) groups excluding carboxylic acids is 1. The summed E-state index contributed by atoms with van der Waals surface area (Å²) in [6.45, 7) is 4.42. The first kappa shape index (κ1) is 13.7. The molecule has 0 fully saturated rings. The van der Waals surface area contributed by atoms with Crippen molar-refractivity contribution in [2.45, 2.75) is 39.5 Å². The monoisotopic (exact) mass is 259 g/mol. The highest BCUT2D eigenvalue weighted by Gasteiger charge is 2.18. The maximum atomic E-state index is 12.1. The lowest BCUT2D eigenvalue weighted by Crippen LogP contribution is -2.07. The van der Waals surface area contributed by atoms with Crippen molar-refractivity contribution in [3.8, 4) is 0 Å². The lowest BCUT2D eigenvalue weighted by Gasteiger charge is -2.04. The fourth-order valence-electron chi connectivity index (χ4n) is 2.37. The molecule has 1 aromatic carbocycles. The average molecular weight is 259 g/mol. The number of hydrogen-bond donors (Lipinski definition) is 1. The van der Waals surface area contributed by atoms with Crippen LogP contribution in [0.1, 0.15) is 49.2 Å². The number of esters is 1. The van der Waals surface area contributed by atoms with Crippen LogP contribution < -0.4 is 0 Å². The summed E-state index contributed by atoms with van der Waals surface area (Å²) in [5, 5.41) is 0.965. The molecule has 0 aliphatic carbocycles. The van der Waals surface area contributed by atoms with Gasteiger partial charge in [0, 0.05) is 16.6 Å². The molecule has 0 radical (unpaired) electrons. The zero-order chi connectivity index (χ0) is 13.7. The quantitative estimate of drug-likeness (QED) is 0.627. The number of benzene rings is 1. The van der Waals surface area contributed by atoms with E-state index in [9.17, 15) is 4.79 Å². The van der Waals surface area contributed by atoms with Gasteiger partial charge in [0.05, 0.1) is 12.2 Å². The molecule has 102 valence electrons. The topological polar surface area (TPSA) is 42.1 Å². The van der Waals surface area contributed by atoms with Crippen LogP contribution in [0.15, 0.2) is 24.3 Å². The number of aryl methyl sites for hydroxylation is 1. The van der Waals surface area contributed by atoms with Crippen LogP contribution in [0.2, 0.25) is 0 Å². The molecule has 3 heteroatoms. The van der Waals surface area contributed by atoms with Gasteiger partial charge in [0.2, 0.25) is 0 Å². The van der Waals surface area contributed by atoms with Gasteiger partial charge in [-0.2, -0.15) is 0 Å². The number of carbonyl (C=O) groups is 1. The highest BCUT2D eigenvalue weighted by Crippen LogP contribution is 2.24. The molecular weight excluding hydrogens is 238 g/mol. The molecular formula is C16H21NO2. The van der Waals surface area contributed by atoms with Gasteiger partial charge in [-0.05, 0) is 25.8 Å². The van der Waals surface area contributed by atoms with Gasteiger partial charge in [0.25, 0.3) is 0 Å². The predicted molar refractivity (Wildman–Crippen MR) is 77.5 cm³/mol. The van der Waals surface area contributed by atoms with E-state index >= 15 is 0 Å². The van der Waals surface area contributed by atoms with Crippen molar-refractivity contribution in [1.82, 2.24) is 4.98 Å². The first-order valence-electron chi connectivity index (χ1n) is 7.04. The molecule has 0 atom stereocenters. The maximum Gasteiger partial charge on any atom is 0.340 e. The molecule has 1 aromatic heterocycles. The Morgan fingerprint density at radius 2 is 2.00 bits per heavy atom. The van der Waals surface area contributed by atoms with Crippen LogP contribution in [-0.2, 0) is 11.2 Å². The number of rotatable bonds is 6. The van der Waals surface area contributed by atoms with Gasteiger partial charge >= 0.3 is 5.97 Å². The normalized spacial score (nSPS) is 10.8. The Labute approximate surface area is 114 Å². The lowest BCUT2D eigenvalue weighted by atomic mass is 10.1. The maximum absolute atomic E-state index is 12.1. The lowest BCUT2D eigenvalue weighted by molar-refractivity contribution is 0.0527. The van der Waals surface area contributed by atoms with E-state index in [1.165, 1.54) is 12.8 Å². The molecule has 19 heavy (non-hydrogen) atoms. The Morgan fingerprint density at radius 3 is 2.74 bits per heavy atom. The summed E-state index contributed by atoms with van der Waals surface area (Å²) in [6.07, 6.45) is 4.35. The first-order valence-corrected chi connectivity index (χ1v) is 7.04. The number of para-hydroxylation sites is 1. The molecule has 0 saturated carbocycles. The highest BCUT2D eigenvalue weighted by molar-refractivity contribution is 6.05. The van der Waals surface area contributed by atoms with E-state index in [1.54, 1.807) is 0 Å². The summed E-state index contributed by atoms with van der Waals surface area (Å²) in [6, 6.07) is 7.90. The number of H-pyrrole nitrogens is 1. The molecule has 2 rings (SSSR count). The summed E-state index contributed by atoms with van der Waals surface area (Å²) in [5.74, 6) is -0.216. The summed E-state index contributed by atoms with van der Waals surface area (Å²) >= 11 is 0. The molecule has 0 aliphatic heterocycles. The third-order valence-electron chi connectivity index (χ3n) is 3.29. The molecule has 1 N–H and O–H groups in total. The Balaban J connectivity index is 2.37. The van der Waals surface area contributed by atoms with Crippen molar-refractivity contribution >= 4 is 16.9 Å². The van der Waals surface area contributed by atoms with Crippen molar-refractivity contribution in [1.29, 1.82) is 0 Å². The van der Waals surface area contributed by atoms with Gasteiger partial charge in [-0.25, -0.2) is 4.79 Å². The minimum atomic E-state index is -0.216. The third kappa shape index (κ3) is 2.98. The minimum absolute atomic E-state index is 0.216. The fraction of sp³-hybridized carbons (Fsp3) is 0.438. The molecule has 0 saturated heterocycles. The van der Waals surface area contributed by atoms with Crippen molar-refractivity contribution < 1.29 is 9.53 Å². The summed E-state index contributed by atoms with van der Waals surface area (Å²) in [7, 11) is 0. The van der Waals surface area contributed by atoms with Gasteiger partial charge in [-0.3, -0.25) is 0 Å². The van der Waals surface area contributed by atoms with E-state index < -0.39 is 0 Å². The number of hydrogen-bond acceptors (Lipinski definition) is 2. The van der Waals surface area contributed by atoms with Gasteiger partial charge in [0.1, 0.15) is 0 Å². The van der Waals surface area contributed by atoms with E-state index in [4.69, 9.17) is 4.74 Å². The van der Waals surface area contributed by atoms with Crippen LogP contribution >= 0.6 is 0 Å². The summed E-state index contributed by atoms with van der Waals surface area (Å²) in [4.78, 5) is 15.5. The van der Waals surface area contributed by atoms with E-state index in [2.05, 4.69) is 11.9 Å². The third-order valence-corrected chi connectivity index (χ3v) is 3.29. The van der Waals surface area contributed by atoms with Crippen LogP contribution in [0.4, 0.5) is 0 Å². The van der Waals surface area contributed by atoms with Gasteiger partial charge in [-0.1, -0.05) is 38.0 Å². The fourth-order valence-corrected chi connectivity index (χ4v) is 2.37. The number of ether oxygens (including phenoxy) is 1. The Hall–Kier alpha value is -1.77. The van der Waals surface area contributed by atoms with Crippen LogP contribution in [0, 0.1) is 0 Å². The number of aromatic amines is 1. The van der Waals surface area contributed by atoms with Gasteiger partial charge in [-0.15, -0.1) is 0 Å². The second-order valence-corrected chi connectivity index (χ2v) is 4.70. The standard InChI is InChI=1S/C16H21NO2/c1-3-5-6-11-14-15(16(18)19-4-2)12-9-7-8-10-13(12)17-14/h7-10,17H,3-6,11H2,1-2H3. The average Bonchev–Trinajstić information content (AvgIpc) is 2.77. The number of unbranched alkanes of at least 4 members (excludes halogenated alkanes) is 2. The highest BCUT2D eigenvalue weighted by atomic mass is 16.5. The van der Waals surface area contributed by atoms with Crippen molar-refractivity contribution in [3.63, 3.8) is 0 Å². The zero-order valence-electron chi connectivity index (χ0n) is 11.7. The molecule has 2 aromatic rings. The minimum Gasteiger partial charge on any atom is -0.462 e.